The Balaban J connectivity index is 1.36. The topological polar surface area (TPSA) is 66.5 Å². The van der Waals surface area contributed by atoms with Crippen molar-refractivity contribution in [2.45, 2.75) is 56.2 Å². The number of nitrogens with zero attached hydrogens (tertiary/aromatic N) is 2. The smallest absolute Gasteiger partial charge is 0.241 e. The van der Waals surface area contributed by atoms with Crippen LogP contribution in [0.3, 0.4) is 0 Å². The third-order valence-corrected chi connectivity index (χ3v) is 5.64. The van der Waals surface area contributed by atoms with Crippen LogP contribution in [0.15, 0.2) is 24.4 Å². The molecule has 4 rings (SSSR count). The van der Waals surface area contributed by atoms with Gasteiger partial charge in [0, 0.05) is 25.9 Å². The predicted molar refractivity (Wildman–Crippen MR) is 90.0 cm³/mol. The first kappa shape index (κ1) is 16.0. The molecule has 2 N–H and O–H groups in total. The normalized spacial score (nSPS) is 33.8. The third kappa shape index (κ3) is 3.18. The highest BCUT2D eigenvalue weighted by molar-refractivity contribution is 5.82. The molecule has 1 amide bonds. The van der Waals surface area contributed by atoms with E-state index >= 15 is 0 Å². The Bertz CT molecular complexity index is 574. The number of pyridine rings is 1. The van der Waals surface area contributed by atoms with E-state index in [-0.39, 0.29) is 23.6 Å². The van der Waals surface area contributed by atoms with Crippen molar-refractivity contribution in [1.82, 2.24) is 20.7 Å². The number of rotatable bonds is 2. The van der Waals surface area contributed by atoms with Gasteiger partial charge in [-0.1, -0.05) is 6.07 Å². The lowest BCUT2D eigenvalue weighted by Gasteiger charge is -2.27. The lowest BCUT2D eigenvalue weighted by Crippen LogP contribution is -2.46. The molecule has 0 bridgehead atoms. The minimum Gasteiger partial charge on any atom is -0.375 e. The Morgan fingerprint density at radius 2 is 2.12 bits per heavy atom. The summed E-state index contributed by atoms with van der Waals surface area (Å²) >= 11 is 0. The Labute approximate surface area is 142 Å². The van der Waals surface area contributed by atoms with E-state index in [9.17, 15) is 4.79 Å². The van der Waals surface area contributed by atoms with Crippen LogP contribution in [0, 0.1) is 0 Å². The molecule has 4 heterocycles. The number of ether oxygens (including phenoxy) is 1. The molecule has 130 valence electrons. The minimum absolute atomic E-state index is 0.0485. The Hall–Kier alpha value is -1.50. The molecule has 3 fully saturated rings. The SMILES string of the molecule is O=C(C1CC(c2ccccn2)NN1)N1CCCC2(CCCO2)CC1. The highest BCUT2D eigenvalue weighted by atomic mass is 16.5. The fourth-order valence-corrected chi connectivity index (χ4v) is 4.25. The van der Waals surface area contributed by atoms with E-state index in [1.54, 1.807) is 6.20 Å². The number of carbonyl (C=O) groups excluding carboxylic acids is 1. The highest BCUT2D eigenvalue weighted by Gasteiger charge is 2.39. The van der Waals surface area contributed by atoms with Gasteiger partial charge in [0.05, 0.1) is 17.3 Å². The van der Waals surface area contributed by atoms with Crippen molar-refractivity contribution in [2.24, 2.45) is 0 Å². The molecule has 1 aromatic rings. The average Bonchev–Trinajstić information content (AvgIpc) is 3.23. The van der Waals surface area contributed by atoms with Gasteiger partial charge in [-0.15, -0.1) is 0 Å². The highest BCUT2D eigenvalue weighted by Crippen LogP contribution is 2.36. The second kappa shape index (κ2) is 6.78. The van der Waals surface area contributed by atoms with Gasteiger partial charge < -0.3 is 9.64 Å². The van der Waals surface area contributed by atoms with Crippen LogP contribution >= 0.6 is 0 Å². The van der Waals surface area contributed by atoms with Crippen molar-refractivity contribution in [2.75, 3.05) is 19.7 Å². The van der Waals surface area contributed by atoms with Crippen LogP contribution in [0.2, 0.25) is 0 Å². The molecule has 3 unspecified atom stereocenters. The lowest BCUT2D eigenvalue weighted by atomic mass is 9.92. The number of hydrazine groups is 1. The third-order valence-electron chi connectivity index (χ3n) is 5.64. The zero-order valence-corrected chi connectivity index (χ0v) is 14.0. The molecule has 3 atom stereocenters. The van der Waals surface area contributed by atoms with Crippen LogP contribution in [0.5, 0.6) is 0 Å². The lowest BCUT2D eigenvalue weighted by molar-refractivity contribution is -0.133. The average molecular weight is 330 g/mol. The number of carbonyl (C=O) groups is 1. The zero-order valence-electron chi connectivity index (χ0n) is 14.0. The van der Waals surface area contributed by atoms with Gasteiger partial charge in [-0.05, 0) is 50.7 Å². The Kier molecular flexibility index (Phi) is 4.52. The van der Waals surface area contributed by atoms with Crippen LogP contribution in [-0.4, -0.2) is 47.1 Å². The Morgan fingerprint density at radius 1 is 1.21 bits per heavy atom. The molecule has 0 aromatic carbocycles. The minimum atomic E-state index is -0.171. The van der Waals surface area contributed by atoms with E-state index in [1.165, 1.54) is 0 Å². The first-order chi connectivity index (χ1) is 11.8. The maximum absolute atomic E-state index is 12.9. The van der Waals surface area contributed by atoms with Crippen molar-refractivity contribution in [1.29, 1.82) is 0 Å². The molecule has 3 aliphatic rings. The van der Waals surface area contributed by atoms with Crippen LogP contribution < -0.4 is 10.9 Å². The monoisotopic (exact) mass is 330 g/mol. The molecular formula is C18H26N4O2. The van der Waals surface area contributed by atoms with E-state index in [0.717, 1.165) is 63.9 Å². The van der Waals surface area contributed by atoms with Crippen molar-refractivity contribution in [3.8, 4) is 0 Å². The van der Waals surface area contributed by atoms with E-state index in [0.29, 0.717) is 0 Å². The molecule has 1 aromatic heterocycles. The second-order valence-electron chi connectivity index (χ2n) is 7.20. The fourth-order valence-electron chi connectivity index (χ4n) is 4.25. The standard InChI is InChI=1S/C18H26N4O2/c23-17(16-13-15(20-21-16)14-5-1-2-9-19-14)22-10-3-6-18(8-11-22)7-4-12-24-18/h1-2,5,9,15-16,20-21H,3-4,6-8,10-13H2. The van der Waals surface area contributed by atoms with Gasteiger partial charge >= 0.3 is 0 Å². The van der Waals surface area contributed by atoms with Gasteiger partial charge in [0.1, 0.15) is 6.04 Å². The summed E-state index contributed by atoms with van der Waals surface area (Å²) < 4.78 is 6.02. The number of hydrogen-bond acceptors (Lipinski definition) is 5. The van der Waals surface area contributed by atoms with Crippen molar-refractivity contribution < 1.29 is 9.53 Å². The molecule has 24 heavy (non-hydrogen) atoms. The van der Waals surface area contributed by atoms with E-state index < -0.39 is 0 Å². The summed E-state index contributed by atoms with van der Waals surface area (Å²) in [5.74, 6) is 0.205. The molecule has 3 aliphatic heterocycles. The van der Waals surface area contributed by atoms with E-state index in [1.807, 2.05) is 23.1 Å². The fraction of sp³-hybridized carbons (Fsp3) is 0.667. The van der Waals surface area contributed by atoms with Gasteiger partial charge in [0.2, 0.25) is 5.91 Å². The molecular weight excluding hydrogens is 304 g/mol. The summed E-state index contributed by atoms with van der Waals surface area (Å²) in [6.07, 6.45) is 7.95. The van der Waals surface area contributed by atoms with Gasteiger partial charge in [-0.25, -0.2) is 10.9 Å². The first-order valence-corrected chi connectivity index (χ1v) is 9.11. The summed E-state index contributed by atoms with van der Waals surface area (Å²) in [5, 5.41) is 0. The molecule has 0 saturated carbocycles. The molecule has 0 aliphatic carbocycles. The Morgan fingerprint density at radius 3 is 2.92 bits per heavy atom. The summed E-state index contributed by atoms with van der Waals surface area (Å²) in [7, 11) is 0. The van der Waals surface area contributed by atoms with Crippen molar-refractivity contribution >= 4 is 5.91 Å². The van der Waals surface area contributed by atoms with Crippen molar-refractivity contribution in [3.05, 3.63) is 30.1 Å². The van der Waals surface area contributed by atoms with Gasteiger partial charge in [0.25, 0.3) is 0 Å². The van der Waals surface area contributed by atoms with E-state index in [2.05, 4.69) is 15.8 Å². The number of aromatic nitrogens is 1. The number of hydrogen-bond donors (Lipinski definition) is 2. The molecule has 3 saturated heterocycles. The van der Waals surface area contributed by atoms with Crippen LogP contribution in [-0.2, 0) is 9.53 Å². The van der Waals surface area contributed by atoms with Crippen LogP contribution in [0.25, 0.3) is 0 Å². The summed E-state index contributed by atoms with van der Waals surface area (Å²) in [4.78, 5) is 19.3. The second-order valence-corrected chi connectivity index (χ2v) is 7.20. The maximum atomic E-state index is 12.9. The molecule has 6 nitrogen and oxygen atoms in total. The maximum Gasteiger partial charge on any atom is 0.241 e. The zero-order chi connectivity index (χ0) is 16.4. The van der Waals surface area contributed by atoms with Gasteiger partial charge in [0.15, 0.2) is 0 Å². The number of likely N-dealkylation sites (tertiary alicyclic amines) is 1. The van der Waals surface area contributed by atoms with Gasteiger partial charge in [-0.2, -0.15) is 0 Å². The predicted octanol–water partition coefficient (Wildman–Crippen LogP) is 1.55. The van der Waals surface area contributed by atoms with Gasteiger partial charge in [-0.3, -0.25) is 9.78 Å². The quantitative estimate of drug-likeness (QED) is 0.861. The molecule has 0 radical (unpaired) electrons. The largest absolute Gasteiger partial charge is 0.375 e. The van der Waals surface area contributed by atoms with Crippen LogP contribution in [0.4, 0.5) is 0 Å². The summed E-state index contributed by atoms with van der Waals surface area (Å²) in [6, 6.07) is 5.81. The van der Waals surface area contributed by atoms with Crippen LogP contribution in [0.1, 0.15) is 50.3 Å². The van der Waals surface area contributed by atoms with E-state index in [4.69, 9.17) is 4.74 Å². The molecule has 6 heteroatoms. The number of amides is 1. The summed E-state index contributed by atoms with van der Waals surface area (Å²) in [5.41, 5.74) is 7.42. The number of nitrogens with one attached hydrogen (secondary N) is 2. The summed E-state index contributed by atoms with van der Waals surface area (Å²) in [6.45, 7) is 2.54. The van der Waals surface area contributed by atoms with Crippen molar-refractivity contribution in [3.63, 3.8) is 0 Å². The molecule has 1 spiro atoms. The first-order valence-electron chi connectivity index (χ1n) is 9.11.